The van der Waals surface area contributed by atoms with Crippen molar-refractivity contribution in [2.45, 2.75) is 26.8 Å². The molecule has 1 aliphatic heterocycles. The quantitative estimate of drug-likeness (QED) is 0.937. The molecule has 0 spiro atoms. The van der Waals surface area contributed by atoms with Crippen molar-refractivity contribution in [1.29, 1.82) is 0 Å². The first kappa shape index (κ1) is 15.1. The summed E-state index contributed by atoms with van der Waals surface area (Å²) in [7, 11) is 2.18. The van der Waals surface area contributed by atoms with E-state index in [-0.39, 0.29) is 0 Å². The van der Waals surface area contributed by atoms with E-state index in [4.69, 9.17) is 9.97 Å². The van der Waals surface area contributed by atoms with Crippen LogP contribution in [-0.4, -0.2) is 46.5 Å². The molecule has 2 aromatic heterocycles. The Morgan fingerprint density at radius 1 is 1.33 bits per heavy atom. The zero-order chi connectivity index (χ0) is 15.0. The Balaban J connectivity index is 2.11. The third-order valence-corrected chi connectivity index (χ3v) is 6.21. The second-order valence-corrected chi connectivity index (χ2v) is 7.85. The molecule has 0 aromatic carbocycles. The van der Waals surface area contributed by atoms with Gasteiger partial charge in [0.15, 0.2) is 0 Å². The van der Waals surface area contributed by atoms with Gasteiger partial charge >= 0.3 is 0 Å². The van der Waals surface area contributed by atoms with Crippen molar-refractivity contribution in [2.75, 3.05) is 37.0 Å². The van der Waals surface area contributed by atoms with Crippen LogP contribution in [0.5, 0.6) is 0 Å². The normalized spacial score (nSPS) is 20.1. The summed E-state index contributed by atoms with van der Waals surface area (Å²) in [5.41, 5.74) is 1.31. The molecule has 2 aromatic rings. The van der Waals surface area contributed by atoms with Crippen LogP contribution in [0.15, 0.2) is 0 Å². The highest BCUT2D eigenvalue weighted by atomic mass is 32.2. The number of rotatable bonds is 3. The first-order valence-electron chi connectivity index (χ1n) is 7.41. The summed E-state index contributed by atoms with van der Waals surface area (Å²) in [5.74, 6) is 4.25. The van der Waals surface area contributed by atoms with Gasteiger partial charge in [0.05, 0.1) is 11.4 Å². The van der Waals surface area contributed by atoms with E-state index < -0.39 is 0 Å². The zero-order valence-electron chi connectivity index (χ0n) is 13.1. The Hall–Kier alpha value is -0.850. The fourth-order valence-corrected chi connectivity index (χ4v) is 4.92. The molecule has 0 bridgehead atoms. The SMILES string of the molecule is CCNc1nc(C2CSCCN2C)nc2sc(C)c(C)c12. The molecular weight excluding hydrogens is 300 g/mol. The van der Waals surface area contributed by atoms with Crippen LogP contribution in [0.2, 0.25) is 0 Å². The molecule has 0 aliphatic carbocycles. The molecule has 1 N–H and O–H groups in total. The summed E-state index contributed by atoms with van der Waals surface area (Å²) in [6.07, 6.45) is 0. The van der Waals surface area contributed by atoms with E-state index in [2.05, 4.69) is 38.0 Å². The van der Waals surface area contributed by atoms with Crippen LogP contribution in [0.4, 0.5) is 5.82 Å². The molecule has 3 heterocycles. The number of aryl methyl sites for hydroxylation is 2. The molecule has 21 heavy (non-hydrogen) atoms. The minimum Gasteiger partial charge on any atom is -0.370 e. The molecule has 1 saturated heterocycles. The molecule has 1 unspecified atom stereocenters. The van der Waals surface area contributed by atoms with Crippen molar-refractivity contribution >= 4 is 39.1 Å². The molecule has 1 aliphatic rings. The van der Waals surface area contributed by atoms with Gasteiger partial charge in [0, 0.05) is 29.5 Å². The van der Waals surface area contributed by atoms with Crippen molar-refractivity contribution in [3.05, 3.63) is 16.3 Å². The molecule has 114 valence electrons. The summed E-state index contributed by atoms with van der Waals surface area (Å²) < 4.78 is 0. The average Bonchev–Trinajstić information content (AvgIpc) is 2.75. The van der Waals surface area contributed by atoms with Crippen LogP contribution in [0.3, 0.4) is 0 Å². The second-order valence-electron chi connectivity index (χ2n) is 5.50. The van der Waals surface area contributed by atoms with Crippen LogP contribution in [-0.2, 0) is 0 Å². The van der Waals surface area contributed by atoms with Crippen LogP contribution in [0, 0.1) is 13.8 Å². The van der Waals surface area contributed by atoms with E-state index in [9.17, 15) is 0 Å². The standard InChI is InChI=1S/C15H22N4S2/c1-5-16-14-12-9(2)10(3)21-15(12)18-13(17-14)11-8-20-7-6-19(11)4/h11H,5-8H2,1-4H3,(H,16,17,18). The van der Waals surface area contributed by atoms with Crippen LogP contribution in [0.1, 0.15) is 29.2 Å². The van der Waals surface area contributed by atoms with Gasteiger partial charge in [-0.1, -0.05) is 0 Å². The smallest absolute Gasteiger partial charge is 0.150 e. The van der Waals surface area contributed by atoms with Crippen molar-refractivity contribution in [1.82, 2.24) is 14.9 Å². The summed E-state index contributed by atoms with van der Waals surface area (Å²) in [4.78, 5) is 14.6. The molecule has 0 radical (unpaired) electrons. The molecule has 6 heteroatoms. The molecule has 0 saturated carbocycles. The largest absolute Gasteiger partial charge is 0.370 e. The minimum absolute atomic E-state index is 0.327. The Morgan fingerprint density at radius 3 is 2.86 bits per heavy atom. The highest BCUT2D eigenvalue weighted by Gasteiger charge is 2.25. The maximum Gasteiger partial charge on any atom is 0.150 e. The molecular formula is C15H22N4S2. The maximum absolute atomic E-state index is 4.89. The Kier molecular flexibility index (Phi) is 4.38. The lowest BCUT2D eigenvalue weighted by molar-refractivity contribution is 0.265. The highest BCUT2D eigenvalue weighted by Crippen LogP contribution is 2.35. The van der Waals surface area contributed by atoms with Gasteiger partial charge in [0.2, 0.25) is 0 Å². The van der Waals surface area contributed by atoms with E-state index in [0.717, 1.165) is 35.3 Å². The molecule has 4 nitrogen and oxygen atoms in total. The highest BCUT2D eigenvalue weighted by molar-refractivity contribution is 7.99. The molecule has 0 amide bonds. The van der Waals surface area contributed by atoms with Gasteiger partial charge in [-0.3, -0.25) is 4.90 Å². The molecule has 1 atom stereocenters. The first-order chi connectivity index (χ1) is 10.1. The van der Waals surface area contributed by atoms with E-state index in [0.29, 0.717) is 6.04 Å². The van der Waals surface area contributed by atoms with Gasteiger partial charge in [0.25, 0.3) is 0 Å². The number of hydrogen-bond acceptors (Lipinski definition) is 6. The van der Waals surface area contributed by atoms with Gasteiger partial charge in [-0.15, -0.1) is 11.3 Å². The number of nitrogens with zero attached hydrogens (tertiary/aromatic N) is 3. The fourth-order valence-electron chi connectivity index (χ4n) is 2.67. The van der Waals surface area contributed by atoms with Crippen molar-refractivity contribution in [2.24, 2.45) is 0 Å². The van der Waals surface area contributed by atoms with Crippen LogP contribution < -0.4 is 5.32 Å². The van der Waals surface area contributed by atoms with Crippen LogP contribution in [0.25, 0.3) is 10.2 Å². The van der Waals surface area contributed by atoms with Crippen LogP contribution >= 0.6 is 23.1 Å². The van der Waals surface area contributed by atoms with Gasteiger partial charge in [0.1, 0.15) is 16.5 Å². The Morgan fingerprint density at radius 2 is 2.14 bits per heavy atom. The van der Waals surface area contributed by atoms with E-state index in [1.165, 1.54) is 21.6 Å². The Labute approximate surface area is 134 Å². The van der Waals surface area contributed by atoms with Crippen molar-refractivity contribution < 1.29 is 0 Å². The fraction of sp³-hybridized carbons (Fsp3) is 0.600. The Bertz CT molecular complexity index is 653. The van der Waals surface area contributed by atoms with Crippen molar-refractivity contribution in [3.63, 3.8) is 0 Å². The molecule has 1 fully saturated rings. The number of nitrogens with one attached hydrogen (secondary N) is 1. The second kappa shape index (κ2) is 6.10. The van der Waals surface area contributed by atoms with Crippen molar-refractivity contribution in [3.8, 4) is 0 Å². The van der Waals surface area contributed by atoms with E-state index in [1.807, 2.05) is 11.8 Å². The predicted molar refractivity (Wildman–Crippen MR) is 93.7 cm³/mol. The molecule has 3 rings (SSSR count). The van der Waals surface area contributed by atoms with Gasteiger partial charge in [-0.05, 0) is 33.4 Å². The van der Waals surface area contributed by atoms with E-state index in [1.54, 1.807) is 11.3 Å². The first-order valence-corrected chi connectivity index (χ1v) is 9.38. The number of aromatic nitrogens is 2. The summed E-state index contributed by atoms with van der Waals surface area (Å²) >= 11 is 3.78. The number of anilines is 1. The minimum atomic E-state index is 0.327. The average molecular weight is 323 g/mol. The van der Waals surface area contributed by atoms with Gasteiger partial charge in [-0.2, -0.15) is 11.8 Å². The maximum atomic E-state index is 4.89. The lowest BCUT2D eigenvalue weighted by Gasteiger charge is -2.31. The van der Waals surface area contributed by atoms with E-state index >= 15 is 0 Å². The number of thiophene rings is 1. The predicted octanol–water partition coefficient (Wildman–Crippen LogP) is 3.46. The number of fused-ring (bicyclic) bond motifs is 1. The topological polar surface area (TPSA) is 41.1 Å². The zero-order valence-corrected chi connectivity index (χ0v) is 14.7. The lowest BCUT2D eigenvalue weighted by atomic mass is 10.2. The lowest BCUT2D eigenvalue weighted by Crippen LogP contribution is -2.34. The number of hydrogen-bond donors (Lipinski definition) is 1. The number of thioether (sulfide) groups is 1. The third kappa shape index (κ3) is 2.76. The summed E-state index contributed by atoms with van der Waals surface area (Å²) in [6.45, 7) is 8.44. The summed E-state index contributed by atoms with van der Waals surface area (Å²) in [6, 6.07) is 0.327. The summed E-state index contributed by atoms with van der Waals surface area (Å²) in [5, 5.41) is 4.63. The van der Waals surface area contributed by atoms with Gasteiger partial charge in [-0.25, -0.2) is 9.97 Å². The van der Waals surface area contributed by atoms with Gasteiger partial charge < -0.3 is 5.32 Å². The third-order valence-electron chi connectivity index (χ3n) is 4.08. The monoisotopic (exact) mass is 322 g/mol.